The lowest BCUT2D eigenvalue weighted by atomic mass is 10.1. The number of anilines is 1. The summed E-state index contributed by atoms with van der Waals surface area (Å²) in [5, 5.41) is 2.96. The average Bonchev–Trinajstić information content (AvgIpc) is 2.97. The van der Waals surface area contributed by atoms with Gasteiger partial charge in [-0.3, -0.25) is 9.59 Å². The van der Waals surface area contributed by atoms with Gasteiger partial charge in [0, 0.05) is 22.6 Å². The number of hydrogen-bond donors (Lipinski definition) is 1. The van der Waals surface area contributed by atoms with Gasteiger partial charge < -0.3 is 15.0 Å². The van der Waals surface area contributed by atoms with Crippen molar-refractivity contribution in [2.45, 2.75) is 24.8 Å². The van der Waals surface area contributed by atoms with Gasteiger partial charge >= 0.3 is 0 Å². The first-order valence-corrected chi connectivity index (χ1v) is 14.0. The van der Waals surface area contributed by atoms with Gasteiger partial charge in [-0.2, -0.15) is 0 Å². The molecule has 40 heavy (non-hydrogen) atoms. The normalized spacial score (nSPS) is 13.7. The van der Waals surface area contributed by atoms with Crippen molar-refractivity contribution in [3.63, 3.8) is 0 Å². The number of rotatable bonds is 9. The van der Waals surface area contributed by atoms with E-state index < -0.39 is 0 Å². The monoisotopic (exact) mass is 552 g/mol. The van der Waals surface area contributed by atoms with Crippen LogP contribution in [-0.2, 0) is 17.8 Å². The number of nitrogens with zero attached hydrogens (tertiary/aromatic N) is 1. The standard InChI is InChI=1S/C33H29FN2O3S/c1-2-39-27-17-13-23(14-18-27)19-20-35-32(37)25-15-11-24(12-16-25)21-31-33(38)36(22-26-7-3-4-8-28(26)34)29-9-5-6-10-30(29)40-31/h3-18,21H,2,19-20,22H2,1H3,(H,35,37)/b31-21+. The van der Waals surface area contributed by atoms with Crippen molar-refractivity contribution in [3.05, 3.63) is 130 Å². The minimum atomic E-state index is -0.343. The van der Waals surface area contributed by atoms with Crippen LogP contribution < -0.4 is 15.0 Å². The topological polar surface area (TPSA) is 58.6 Å². The number of ether oxygens (including phenoxy) is 1. The second-order valence-electron chi connectivity index (χ2n) is 9.27. The number of fused-ring (bicyclic) bond motifs is 1. The molecule has 0 saturated carbocycles. The largest absolute Gasteiger partial charge is 0.494 e. The average molecular weight is 553 g/mol. The molecule has 0 fully saturated rings. The molecule has 1 N–H and O–H groups in total. The second-order valence-corrected chi connectivity index (χ2v) is 10.3. The molecular weight excluding hydrogens is 523 g/mol. The van der Waals surface area contributed by atoms with Gasteiger partial charge in [0.1, 0.15) is 11.6 Å². The first-order chi connectivity index (χ1) is 19.5. The number of carbonyl (C=O) groups is 2. The van der Waals surface area contributed by atoms with Gasteiger partial charge in [-0.05, 0) is 73.0 Å². The van der Waals surface area contributed by atoms with E-state index in [1.807, 2.05) is 73.7 Å². The van der Waals surface area contributed by atoms with E-state index in [1.165, 1.54) is 17.8 Å². The highest BCUT2D eigenvalue weighted by Crippen LogP contribution is 2.42. The third-order valence-electron chi connectivity index (χ3n) is 6.52. The first-order valence-electron chi connectivity index (χ1n) is 13.2. The van der Waals surface area contributed by atoms with Crippen LogP contribution in [0.3, 0.4) is 0 Å². The van der Waals surface area contributed by atoms with E-state index in [2.05, 4.69) is 5.32 Å². The summed E-state index contributed by atoms with van der Waals surface area (Å²) in [5.74, 6) is 0.145. The summed E-state index contributed by atoms with van der Waals surface area (Å²) in [5.41, 5.74) is 3.67. The van der Waals surface area contributed by atoms with Gasteiger partial charge in [-0.1, -0.05) is 66.4 Å². The number of thioether (sulfide) groups is 1. The van der Waals surface area contributed by atoms with E-state index in [4.69, 9.17) is 4.74 Å². The molecule has 0 bridgehead atoms. The van der Waals surface area contributed by atoms with E-state index in [9.17, 15) is 14.0 Å². The molecule has 0 aliphatic carbocycles. The van der Waals surface area contributed by atoms with E-state index in [0.29, 0.717) is 35.6 Å². The fourth-order valence-corrected chi connectivity index (χ4v) is 5.50. The number of hydrogen-bond acceptors (Lipinski definition) is 4. The van der Waals surface area contributed by atoms with Gasteiger partial charge in [0.25, 0.3) is 11.8 Å². The highest BCUT2D eigenvalue weighted by Gasteiger charge is 2.29. The second kappa shape index (κ2) is 12.7. The summed E-state index contributed by atoms with van der Waals surface area (Å²) in [7, 11) is 0. The summed E-state index contributed by atoms with van der Waals surface area (Å²) < 4.78 is 19.9. The Morgan fingerprint density at radius 2 is 1.68 bits per heavy atom. The van der Waals surface area contributed by atoms with Crippen molar-refractivity contribution in [2.24, 2.45) is 0 Å². The van der Waals surface area contributed by atoms with Crippen molar-refractivity contribution < 1.29 is 18.7 Å². The lowest BCUT2D eigenvalue weighted by molar-refractivity contribution is -0.114. The Hall–Kier alpha value is -4.36. The maximum absolute atomic E-state index is 14.4. The van der Waals surface area contributed by atoms with Crippen LogP contribution in [-0.4, -0.2) is 25.0 Å². The van der Waals surface area contributed by atoms with E-state index in [0.717, 1.165) is 27.5 Å². The predicted molar refractivity (Wildman–Crippen MR) is 158 cm³/mol. The van der Waals surface area contributed by atoms with Crippen LogP contribution in [0.15, 0.2) is 107 Å². The summed E-state index contributed by atoms with van der Waals surface area (Å²) in [6, 6.07) is 29.1. The number of carbonyl (C=O) groups excluding carboxylic acids is 2. The minimum absolute atomic E-state index is 0.135. The molecule has 0 unspecified atom stereocenters. The zero-order valence-electron chi connectivity index (χ0n) is 22.1. The quantitative estimate of drug-likeness (QED) is 0.230. The third-order valence-corrected chi connectivity index (χ3v) is 7.60. The van der Waals surface area contributed by atoms with Crippen LogP contribution in [0, 0.1) is 5.82 Å². The fraction of sp³-hybridized carbons (Fsp3) is 0.152. The zero-order chi connectivity index (χ0) is 27.9. The van der Waals surface area contributed by atoms with E-state index in [-0.39, 0.29) is 24.2 Å². The van der Waals surface area contributed by atoms with Crippen LogP contribution in [0.1, 0.15) is 34.0 Å². The molecule has 1 aliphatic rings. The lowest BCUT2D eigenvalue weighted by Crippen LogP contribution is -2.34. The summed E-state index contributed by atoms with van der Waals surface area (Å²) in [4.78, 5) is 29.2. The Labute approximate surface area is 237 Å². The molecule has 5 rings (SSSR count). The third kappa shape index (κ3) is 6.43. The Morgan fingerprint density at radius 3 is 2.42 bits per heavy atom. The van der Waals surface area contributed by atoms with Crippen LogP contribution in [0.2, 0.25) is 0 Å². The van der Waals surface area contributed by atoms with Crippen LogP contribution >= 0.6 is 11.8 Å². The molecule has 1 aliphatic heterocycles. The molecular formula is C33H29FN2O3S. The van der Waals surface area contributed by atoms with Crippen LogP contribution in [0.4, 0.5) is 10.1 Å². The van der Waals surface area contributed by atoms with Gasteiger partial charge in [0.05, 0.1) is 23.7 Å². The number of benzene rings is 4. The number of amides is 2. The Balaban J connectivity index is 1.25. The SMILES string of the molecule is CCOc1ccc(CCNC(=O)c2ccc(/C=C3/Sc4ccccc4N(Cc4ccccc4F)C3=O)cc2)cc1. The molecule has 202 valence electrons. The van der Waals surface area contributed by atoms with E-state index >= 15 is 0 Å². The Bertz CT molecular complexity index is 1530. The molecule has 7 heteroatoms. The molecule has 0 aromatic heterocycles. The van der Waals surface area contributed by atoms with Gasteiger partial charge in [-0.25, -0.2) is 4.39 Å². The Kier molecular flexibility index (Phi) is 8.62. The molecule has 4 aromatic carbocycles. The molecule has 0 atom stereocenters. The molecule has 0 radical (unpaired) electrons. The van der Waals surface area contributed by atoms with E-state index in [1.54, 1.807) is 35.2 Å². The number of nitrogens with one attached hydrogen (secondary N) is 1. The lowest BCUT2D eigenvalue weighted by Gasteiger charge is -2.30. The van der Waals surface area contributed by atoms with Crippen LogP contribution in [0.25, 0.3) is 6.08 Å². The van der Waals surface area contributed by atoms with Crippen LogP contribution in [0.5, 0.6) is 5.75 Å². The molecule has 1 heterocycles. The van der Waals surface area contributed by atoms with Gasteiger partial charge in [-0.15, -0.1) is 0 Å². The summed E-state index contributed by atoms with van der Waals surface area (Å²) in [6.45, 7) is 3.23. The zero-order valence-corrected chi connectivity index (χ0v) is 22.9. The highest BCUT2D eigenvalue weighted by atomic mass is 32.2. The molecule has 0 saturated heterocycles. The molecule has 2 amide bonds. The maximum Gasteiger partial charge on any atom is 0.265 e. The van der Waals surface area contributed by atoms with Crippen molar-refractivity contribution in [1.82, 2.24) is 5.32 Å². The van der Waals surface area contributed by atoms with Gasteiger partial charge in [0.2, 0.25) is 0 Å². The minimum Gasteiger partial charge on any atom is -0.494 e. The molecule has 0 spiro atoms. The highest BCUT2D eigenvalue weighted by molar-refractivity contribution is 8.04. The van der Waals surface area contributed by atoms with Crippen molar-refractivity contribution in [1.29, 1.82) is 0 Å². The smallest absolute Gasteiger partial charge is 0.265 e. The Morgan fingerprint density at radius 1 is 0.950 bits per heavy atom. The summed E-state index contributed by atoms with van der Waals surface area (Å²) in [6.07, 6.45) is 2.53. The molecule has 5 nitrogen and oxygen atoms in total. The summed E-state index contributed by atoms with van der Waals surface area (Å²) >= 11 is 1.39. The van der Waals surface area contributed by atoms with Crippen molar-refractivity contribution in [2.75, 3.05) is 18.1 Å². The van der Waals surface area contributed by atoms with Gasteiger partial charge in [0.15, 0.2) is 0 Å². The van der Waals surface area contributed by atoms with Crippen molar-refractivity contribution >= 4 is 35.3 Å². The van der Waals surface area contributed by atoms with Crippen molar-refractivity contribution in [3.8, 4) is 5.75 Å². The number of halogens is 1. The predicted octanol–water partition coefficient (Wildman–Crippen LogP) is 6.88. The molecule has 4 aromatic rings. The first kappa shape index (κ1) is 27.2. The fourth-order valence-electron chi connectivity index (χ4n) is 4.44. The maximum atomic E-state index is 14.4. The number of para-hydroxylation sites is 1.